The van der Waals surface area contributed by atoms with Gasteiger partial charge in [0.2, 0.25) is 11.8 Å². The molecule has 6 aromatic rings. The maximum Gasteiger partial charge on any atom is 0.230 e. The van der Waals surface area contributed by atoms with Gasteiger partial charge in [-0.05, 0) is 48.2 Å². The van der Waals surface area contributed by atoms with Crippen LogP contribution in [0.5, 0.6) is 11.8 Å². The number of rotatable bonds is 3. The molecule has 0 fully saturated rings. The Morgan fingerprint density at radius 1 is 1.06 bits per heavy atom. The summed E-state index contributed by atoms with van der Waals surface area (Å²) in [5.74, 6) is 1.47. The molecule has 0 saturated carbocycles. The summed E-state index contributed by atoms with van der Waals surface area (Å²) < 4.78 is 9.91. The molecule has 0 radical (unpaired) electrons. The van der Waals surface area contributed by atoms with Crippen LogP contribution >= 0.6 is 22.9 Å². The van der Waals surface area contributed by atoms with E-state index in [1.807, 2.05) is 67.0 Å². The summed E-state index contributed by atoms with van der Waals surface area (Å²) >= 11 is 7.88. The first-order chi connectivity index (χ1) is 17.2. The van der Waals surface area contributed by atoms with Crippen molar-refractivity contribution < 1.29 is 4.74 Å². The zero-order valence-corrected chi connectivity index (χ0v) is 19.9. The molecule has 5 aromatic heterocycles. The molecule has 1 aliphatic rings. The van der Waals surface area contributed by atoms with E-state index in [1.165, 1.54) is 0 Å². The minimum atomic E-state index is -0.244. The lowest BCUT2D eigenvalue weighted by Gasteiger charge is -2.26. The second-order valence-corrected chi connectivity index (χ2v) is 9.55. The number of fused-ring (bicyclic) bond motifs is 4. The minimum absolute atomic E-state index is 0.244. The van der Waals surface area contributed by atoms with E-state index >= 15 is 0 Å². The molecule has 1 aromatic carbocycles. The largest absolute Gasteiger partial charge is 0.420 e. The van der Waals surface area contributed by atoms with E-state index in [2.05, 4.69) is 15.1 Å². The van der Waals surface area contributed by atoms with Gasteiger partial charge in [-0.1, -0.05) is 29.8 Å². The van der Waals surface area contributed by atoms with Crippen LogP contribution in [0.3, 0.4) is 0 Å². The van der Waals surface area contributed by atoms with Gasteiger partial charge in [0, 0.05) is 17.4 Å². The zero-order chi connectivity index (χ0) is 23.5. The first kappa shape index (κ1) is 20.3. The van der Waals surface area contributed by atoms with Gasteiger partial charge in [-0.15, -0.1) is 16.4 Å². The Balaban J connectivity index is 1.50. The van der Waals surface area contributed by atoms with Crippen LogP contribution in [0.25, 0.3) is 22.0 Å². The standard InChI is InChI=1S/C25H16ClN7OS/c1-14-19-20(15-5-3-9-27-12-15)21-23-29-22(18-8-4-10-35-18)31-32(23)13-28-24(21)34-25(19)33(30-14)17-7-2-6-16(26)11-17/h2-13,20H,1H3. The molecule has 0 spiro atoms. The fraction of sp³-hybridized carbons (Fsp3) is 0.0800. The van der Waals surface area contributed by atoms with Crippen LogP contribution in [0.2, 0.25) is 5.02 Å². The van der Waals surface area contributed by atoms with Crippen molar-refractivity contribution in [1.82, 2.24) is 34.3 Å². The summed E-state index contributed by atoms with van der Waals surface area (Å²) in [6.07, 6.45) is 5.26. The lowest BCUT2D eigenvalue weighted by Crippen LogP contribution is -2.16. The predicted molar refractivity (Wildman–Crippen MR) is 133 cm³/mol. The van der Waals surface area contributed by atoms with Gasteiger partial charge in [0.1, 0.15) is 6.33 Å². The molecule has 6 heterocycles. The summed E-state index contributed by atoms with van der Waals surface area (Å²) in [6, 6.07) is 15.5. The molecule has 170 valence electrons. The molecule has 8 nitrogen and oxygen atoms in total. The van der Waals surface area contributed by atoms with E-state index in [-0.39, 0.29) is 5.92 Å². The lowest BCUT2D eigenvalue weighted by molar-refractivity contribution is 0.402. The molecule has 1 unspecified atom stereocenters. The Kier molecular flexibility index (Phi) is 4.48. The molecule has 1 aliphatic heterocycles. The Morgan fingerprint density at radius 3 is 2.80 bits per heavy atom. The van der Waals surface area contributed by atoms with E-state index in [9.17, 15) is 0 Å². The minimum Gasteiger partial charge on any atom is -0.420 e. The molecular formula is C25H16ClN7OS. The summed E-state index contributed by atoms with van der Waals surface area (Å²) in [5.41, 5.74) is 5.08. The van der Waals surface area contributed by atoms with E-state index < -0.39 is 0 Å². The molecular weight excluding hydrogens is 482 g/mol. The first-order valence-corrected chi connectivity index (χ1v) is 12.2. The first-order valence-electron chi connectivity index (χ1n) is 10.9. The molecule has 0 aliphatic carbocycles. The number of pyridine rings is 1. The molecule has 0 bridgehead atoms. The van der Waals surface area contributed by atoms with Crippen molar-refractivity contribution in [3.8, 4) is 28.1 Å². The van der Waals surface area contributed by atoms with Gasteiger partial charge in [0.15, 0.2) is 11.5 Å². The Labute approximate surface area is 208 Å². The van der Waals surface area contributed by atoms with Gasteiger partial charge >= 0.3 is 0 Å². The van der Waals surface area contributed by atoms with E-state index in [0.29, 0.717) is 28.3 Å². The van der Waals surface area contributed by atoms with Crippen LogP contribution in [0.15, 0.2) is 72.6 Å². The van der Waals surface area contributed by atoms with Crippen LogP contribution in [0.4, 0.5) is 0 Å². The van der Waals surface area contributed by atoms with Gasteiger partial charge in [0.05, 0.1) is 33.3 Å². The van der Waals surface area contributed by atoms with Crippen molar-refractivity contribution in [1.29, 1.82) is 0 Å². The topological polar surface area (TPSA) is 83.0 Å². The lowest BCUT2D eigenvalue weighted by atomic mass is 9.85. The van der Waals surface area contributed by atoms with Crippen LogP contribution in [0.1, 0.15) is 28.3 Å². The highest BCUT2D eigenvalue weighted by molar-refractivity contribution is 7.13. The predicted octanol–water partition coefficient (Wildman–Crippen LogP) is 5.68. The summed E-state index contributed by atoms with van der Waals surface area (Å²) in [4.78, 5) is 14.9. The third kappa shape index (κ3) is 3.16. The van der Waals surface area contributed by atoms with Gasteiger partial charge in [-0.2, -0.15) is 5.10 Å². The van der Waals surface area contributed by atoms with Crippen molar-refractivity contribution >= 4 is 28.6 Å². The number of hydrogen-bond acceptors (Lipinski definition) is 7. The van der Waals surface area contributed by atoms with Crippen molar-refractivity contribution in [2.75, 3.05) is 0 Å². The third-order valence-electron chi connectivity index (χ3n) is 6.03. The van der Waals surface area contributed by atoms with Gasteiger partial charge in [-0.3, -0.25) is 4.98 Å². The second kappa shape index (κ2) is 7.72. The smallest absolute Gasteiger partial charge is 0.230 e. The fourth-order valence-corrected chi connectivity index (χ4v) is 5.39. The fourth-order valence-electron chi connectivity index (χ4n) is 4.55. The number of benzene rings is 1. The highest BCUT2D eigenvalue weighted by Gasteiger charge is 2.38. The van der Waals surface area contributed by atoms with Crippen molar-refractivity contribution in [3.63, 3.8) is 0 Å². The number of halogens is 1. The number of hydrogen-bond donors (Lipinski definition) is 0. The van der Waals surface area contributed by atoms with E-state index in [1.54, 1.807) is 33.1 Å². The molecule has 0 saturated heterocycles. The highest BCUT2D eigenvalue weighted by atomic mass is 35.5. The highest BCUT2D eigenvalue weighted by Crippen LogP contribution is 2.49. The van der Waals surface area contributed by atoms with Crippen molar-refractivity contribution in [2.45, 2.75) is 12.8 Å². The van der Waals surface area contributed by atoms with Crippen molar-refractivity contribution in [3.05, 3.63) is 100 Å². The maximum absolute atomic E-state index is 6.43. The van der Waals surface area contributed by atoms with Crippen LogP contribution < -0.4 is 4.74 Å². The number of nitrogens with zero attached hydrogens (tertiary/aromatic N) is 7. The third-order valence-corrected chi connectivity index (χ3v) is 7.13. The van der Waals surface area contributed by atoms with E-state index in [0.717, 1.165) is 32.9 Å². The summed E-state index contributed by atoms with van der Waals surface area (Å²) in [7, 11) is 0. The Morgan fingerprint density at radius 2 is 2.00 bits per heavy atom. The van der Waals surface area contributed by atoms with Gasteiger partial charge < -0.3 is 4.74 Å². The normalized spacial score (nSPS) is 14.5. The van der Waals surface area contributed by atoms with Crippen LogP contribution in [-0.2, 0) is 0 Å². The maximum atomic E-state index is 6.43. The molecule has 0 N–H and O–H groups in total. The second-order valence-electron chi connectivity index (χ2n) is 8.16. The van der Waals surface area contributed by atoms with Crippen LogP contribution in [0, 0.1) is 6.92 Å². The molecule has 1 atom stereocenters. The zero-order valence-electron chi connectivity index (χ0n) is 18.3. The summed E-state index contributed by atoms with van der Waals surface area (Å²) in [5, 5.41) is 12.1. The average molecular weight is 498 g/mol. The average Bonchev–Trinajstić information content (AvgIpc) is 3.62. The quantitative estimate of drug-likeness (QED) is 0.312. The SMILES string of the molecule is Cc1nn(-c2cccc(Cl)c2)c2c1C(c1cccnc1)c1c(ncn3nc(-c4cccs4)nc13)O2. The molecule has 10 heteroatoms. The number of ether oxygens (including phenoxy) is 1. The van der Waals surface area contributed by atoms with Crippen molar-refractivity contribution in [2.24, 2.45) is 0 Å². The molecule has 0 amide bonds. The Hall–Kier alpha value is -4.08. The molecule has 7 rings (SSSR count). The van der Waals surface area contributed by atoms with Gasteiger partial charge in [0.25, 0.3) is 0 Å². The molecule has 35 heavy (non-hydrogen) atoms. The van der Waals surface area contributed by atoms with E-state index in [4.69, 9.17) is 26.4 Å². The number of aryl methyl sites for hydroxylation is 1. The van der Waals surface area contributed by atoms with Gasteiger partial charge in [-0.25, -0.2) is 19.2 Å². The number of aromatic nitrogens is 7. The van der Waals surface area contributed by atoms with Crippen LogP contribution in [-0.4, -0.2) is 34.3 Å². The summed E-state index contributed by atoms with van der Waals surface area (Å²) in [6.45, 7) is 1.98. The monoisotopic (exact) mass is 497 g/mol. The number of thiophene rings is 1. The Bertz CT molecular complexity index is 1710.